The van der Waals surface area contributed by atoms with E-state index in [1.807, 2.05) is 6.92 Å². The van der Waals surface area contributed by atoms with Gasteiger partial charge in [-0.05, 0) is 29.9 Å². The van der Waals surface area contributed by atoms with Crippen molar-refractivity contribution >= 4 is 15.7 Å². The highest BCUT2D eigenvalue weighted by atomic mass is 32.2. The molecule has 1 aliphatic heterocycles. The van der Waals surface area contributed by atoms with E-state index >= 15 is 0 Å². The van der Waals surface area contributed by atoms with Gasteiger partial charge in [-0.3, -0.25) is 4.79 Å². The Balaban J connectivity index is 1.95. The fourth-order valence-corrected chi connectivity index (χ4v) is 4.33. The van der Waals surface area contributed by atoms with E-state index in [-0.39, 0.29) is 23.8 Å². The number of carbonyl (C=O) groups is 1. The normalized spacial score (nSPS) is 21.9. The Morgan fingerprint density at radius 2 is 1.92 bits per heavy atom. The molecule has 134 valence electrons. The lowest BCUT2D eigenvalue weighted by Crippen LogP contribution is -2.53. The van der Waals surface area contributed by atoms with E-state index in [1.54, 1.807) is 0 Å². The van der Waals surface area contributed by atoms with E-state index in [1.165, 1.54) is 5.56 Å². The maximum Gasteiger partial charge on any atom is 0.239 e. The van der Waals surface area contributed by atoms with Gasteiger partial charge in [-0.1, -0.05) is 45.0 Å². The highest BCUT2D eigenvalue weighted by Gasteiger charge is 2.35. The zero-order chi connectivity index (χ0) is 18.0. The topological polar surface area (TPSA) is 75.3 Å². The van der Waals surface area contributed by atoms with Gasteiger partial charge in [0.1, 0.15) is 0 Å². The monoisotopic (exact) mass is 352 g/mol. The van der Waals surface area contributed by atoms with Gasteiger partial charge in [0, 0.05) is 19.1 Å². The van der Waals surface area contributed by atoms with Crippen molar-refractivity contribution in [3.05, 3.63) is 35.4 Å². The summed E-state index contributed by atoms with van der Waals surface area (Å²) in [4.78, 5) is 12.3. The third kappa shape index (κ3) is 4.80. The zero-order valence-corrected chi connectivity index (χ0v) is 15.7. The number of sulfone groups is 1. The molecule has 1 saturated heterocycles. The highest BCUT2D eigenvalue weighted by Crippen LogP contribution is 2.22. The van der Waals surface area contributed by atoms with Crippen LogP contribution in [0.2, 0.25) is 0 Å². The Labute approximate surface area is 145 Å². The highest BCUT2D eigenvalue weighted by molar-refractivity contribution is 7.92. The Bertz CT molecular complexity index is 675. The lowest BCUT2D eigenvalue weighted by Gasteiger charge is -2.24. The van der Waals surface area contributed by atoms with Crippen molar-refractivity contribution in [2.45, 2.75) is 50.8 Å². The molecule has 1 aromatic carbocycles. The van der Waals surface area contributed by atoms with E-state index in [2.05, 4.69) is 55.7 Å². The molecule has 0 aromatic heterocycles. The minimum atomic E-state index is -3.34. The van der Waals surface area contributed by atoms with Gasteiger partial charge in [0.05, 0.1) is 5.75 Å². The summed E-state index contributed by atoms with van der Waals surface area (Å²) in [6.45, 7) is 9.03. The van der Waals surface area contributed by atoms with Crippen LogP contribution in [0, 0.1) is 0 Å². The van der Waals surface area contributed by atoms with Crippen molar-refractivity contribution in [1.82, 2.24) is 10.6 Å². The summed E-state index contributed by atoms with van der Waals surface area (Å²) in [5, 5.41) is 4.84. The molecular weight excluding hydrogens is 324 g/mol. The van der Waals surface area contributed by atoms with Crippen LogP contribution in [0.4, 0.5) is 0 Å². The maximum atomic E-state index is 12.3. The third-order valence-electron chi connectivity index (χ3n) is 4.37. The van der Waals surface area contributed by atoms with Crippen molar-refractivity contribution in [2.75, 3.05) is 18.8 Å². The molecule has 1 fully saturated rings. The number of rotatable bonds is 4. The van der Waals surface area contributed by atoms with Gasteiger partial charge in [0.2, 0.25) is 5.91 Å². The van der Waals surface area contributed by atoms with E-state index < -0.39 is 21.0 Å². The molecule has 1 amide bonds. The van der Waals surface area contributed by atoms with Crippen LogP contribution >= 0.6 is 0 Å². The van der Waals surface area contributed by atoms with Crippen LogP contribution < -0.4 is 10.6 Å². The summed E-state index contributed by atoms with van der Waals surface area (Å²) < 4.78 is 24.0. The molecule has 2 rings (SSSR count). The first kappa shape index (κ1) is 18.9. The number of amides is 1. The number of carbonyl (C=O) groups excluding carboxylic acids is 1. The van der Waals surface area contributed by atoms with Crippen molar-refractivity contribution in [1.29, 1.82) is 0 Å². The van der Waals surface area contributed by atoms with Crippen molar-refractivity contribution in [3.63, 3.8) is 0 Å². The first-order chi connectivity index (χ1) is 11.1. The Hall–Kier alpha value is -1.40. The standard InChI is InChI=1S/C18H28N2O3S/c1-13(11-14-5-7-15(8-6-14)18(2,3)4)20-17(21)16-12-19-9-10-24(16,22)23/h5-8,13,16,19H,9-12H2,1-4H3,(H,20,21)/t13-,16?/m1/s1. The largest absolute Gasteiger partial charge is 0.352 e. The van der Waals surface area contributed by atoms with Crippen molar-refractivity contribution in [3.8, 4) is 0 Å². The second-order valence-corrected chi connectivity index (χ2v) is 9.92. The summed E-state index contributed by atoms with van der Waals surface area (Å²) in [6.07, 6.45) is 0.677. The summed E-state index contributed by atoms with van der Waals surface area (Å²) in [7, 11) is -3.34. The molecule has 0 aliphatic carbocycles. The molecule has 5 nitrogen and oxygen atoms in total. The van der Waals surface area contributed by atoms with Gasteiger partial charge in [-0.15, -0.1) is 0 Å². The smallest absolute Gasteiger partial charge is 0.239 e. The second-order valence-electron chi connectivity index (χ2n) is 7.62. The predicted molar refractivity (Wildman–Crippen MR) is 96.9 cm³/mol. The molecule has 0 bridgehead atoms. The average Bonchev–Trinajstić information content (AvgIpc) is 2.46. The van der Waals surface area contributed by atoms with Crippen LogP contribution in [0.1, 0.15) is 38.8 Å². The van der Waals surface area contributed by atoms with Crippen molar-refractivity contribution in [2.24, 2.45) is 0 Å². The van der Waals surface area contributed by atoms with Crippen molar-refractivity contribution < 1.29 is 13.2 Å². The molecule has 1 unspecified atom stereocenters. The lowest BCUT2D eigenvalue weighted by molar-refractivity contribution is -0.121. The predicted octanol–water partition coefficient (Wildman–Crippen LogP) is 1.42. The fourth-order valence-electron chi connectivity index (χ4n) is 2.85. The molecule has 24 heavy (non-hydrogen) atoms. The van der Waals surface area contributed by atoms with Crippen LogP contribution in [0.5, 0.6) is 0 Å². The molecule has 1 aromatic rings. The van der Waals surface area contributed by atoms with E-state index in [0.29, 0.717) is 13.0 Å². The minimum Gasteiger partial charge on any atom is -0.352 e. The molecule has 2 N–H and O–H groups in total. The molecule has 0 saturated carbocycles. The molecule has 0 spiro atoms. The van der Waals surface area contributed by atoms with Gasteiger partial charge in [-0.2, -0.15) is 0 Å². The SMILES string of the molecule is C[C@H](Cc1ccc(C(C)(C)C)cc1)NC(=O)C1CNCCS1(=O)=O. The van der Waals surface area contributed by atoms with E-state index in [4.69, 9.17) is 0 Å². The minimum absolute atomic E-state index is 0.0216. The van der Waals surface area contributed by atoms with Gasteiger partial charge in [-0.25, -0.2) is 8.42 Å². The molecule has 0 radical (unpaired) electrons. The Morgan fingerprint density at radius 3 is 2.46 bits per heavy atom. The van der Waals surface area contributed by atoms with Gasteiger partial charge >= 0.3 is 0 Å². The average molecular weight is 353 g/mol. The van der Waals surface area contributed by atoms with Crippen LogP contribution in [0.25, 0.3) is 0 Å². The van der Waals surface area contributed by atoms with Crippen LogP contribution in [0.3, 0.4) is 0 Å². The number of nitrogens with one attached hydrogen (secondary N) is 2. The Kier molecular flexibility index (Phi) is 5.71. The summed E-state index contributed by atoms with van der Waals surface area (Å²) >= 11 is 0. The second kappa shape index (κ2) is 7.23. The van der Waals surface area contributed by atoms with Gasteiger partial charge < -0.3 is 10.6 Å². The summed E-state index contributed by atoms with van der Waals surface area (Å²) in [5.41, 5.74) is 2.50. The first-order valence-corrected chi connectivity index (χ1v) is 10.1. The summed E-state index contributed by atoms with van der Waals surface area (Å²) in [6, 6.07) is 8.25. The van der Waals surface area contributed by atoms with E-state index in [9.17, 15) is 13.2 Å². The van der Waals surface area contributed by atoms with Crippen LogP contribution in [0.15, 0.2) is 24.3 Å². The first-order valence-electron chi connectivity index (χ1n) is 8.42. The van der Waals surface area contributed by atoms with Crippen LogP contribution in [-0.2, 0) is 26.5 Å². The number of benzene rings is 1. The van der Waals surface area contributed by atoms with Crippen LogP contribution in [-0.4, -0.2) is 44.5 Å². The van der Waals surface area contributed by atoms with Gasteiger partial charge in [0.25, 0.3) is 0 Å². The van der Waals surface area contributed by atoms with Gasteiger partial charge in [0.15, 0.2) is 15.1 Å². The number of hydrogen-bond donors (Lipinski definition) is 2. The zero-order valence-electron chi connectivity index (χ0n) is 14.9. The fraction of sp³-hybridized carbons (Fsp3) is 0.611. The summed E-state index contributed by atoms with van der Waals surface area (Å²) in [5.74, 6) is -0.380. The third-order valence-corrected chi connectivity index (χ3v) is 6.39. The number of hydrogen-bond acceptors (Lipinski definition) is 4. The molecule has 6 heteroatoms. The molecule has 1 heterocycles. The van der Waals surface area contributed by atoms with E-state index in [0.717, 1.165) is 5.56 Å². The maximum absolute atomic E-state index is 12.3. The quantitative estimate of drug-likeness (QED) is 0.859. The molecule has 2 atom stereocenters. The Morgan fingerprint density at radius 1 is 1.29 bits per heavy atom. The molecular formula is C18H28N2O3S. The molecule has 1 aliphatic rings. The lowest BCUT2D eigenvalue weighted by atomic mass is 9.86.